The van der Waals surface area contributed by atoms with Crippen molar-refractivity contribution in [3.63, 3.8) is 0 Å². The zero-order valence-electron chi connectivity index (χ0n) is 9.54. The van der Waals surface area contributed by atoms with Gasteiger partial charge in [0, 0.05) is 0 Å². The maximum Gasteiger partial charge on any atom is 0.229 e. The summed E-state index contributed by atoms with van der Waals surface area (Å²) in [5.41, 5.74) is 7.07. The van der Waals surface area contributed by atoms with Crippen LogP contribution in [0.25, 0.3) is 11.1 Å². The highest BCUT2D eigenvalue weighted by atomic mass is 32.2. The van der Waals surface area contributed by atoms with Crippen molar-refractivity contribution >= 4 is 15.7 Å². The van der Waals surface area contributed by atoms with E-state index in [0.29, 0.717) is 10.5 Å². The molecule has 3 rings (SSSR count). The molecule has 2 aromatic rings. The minimum absolute atomic E-state index is 0.191. The van der Waals surface area contributed by atoms with Crippen LogP contribution in [0.3, 0.4) is 0 Å². The third-order valence-corrected chi connectivity index (χ3v) is 5.33. The van der Waals surface area contributed by atoms with Crippen LogP contribution < -0.4 is 5.73 Å². The van der Waals surface area contributed by atoms with Gasteiger partial charge in [0.2, 0.25) is 5.88 Å². The lowest BCUT2D eigenvalue weighted by molar-refractivity contribution is 0.436. The van der Waals surface area contributed by atoms with Gasteiger partial charge in [0.25, 0.3) is 0 Å². The normalized spacial score (nSPS) is 15.8. The number of nitrogens with zero attached hydrogens (tertiary/aromatic N) is 1. The minimum Gasteiger partial charge on any atom is -0.367 e. The summed E-state index contributed by atoms with van der Waals surface area (Å²) < 4.78 is 28.8. The van der Waals surface area contributed by atoms with Crippen LogP contribution in [0.2, 0.25) is 0 Å². The van der Waals surface area contributed by atoms with Crippen LogP contribution in [-0.4, -0.2) is 18.8 Å². The molecule has 0 bridgehead atoms. The standard InChI is InChI=1S/C12H12N2O3S/c13-12-11(7-14-17-12)8-1-3-9(4-2-8)18(15,16)10-5-6-10/h1-4,7,10H,5-6,13H2. The molecule has 1 aliphatic rings. The van der Waals surface area contributed by atoms with E-state index < -0.39 is 9.84 Å². The smallest absolute Gasteiger partial charge is 0.229 e. The molecule has 94 valence electrons. The lowest BCUT2D eigenvalue weighted by Crippen LogP contribution is -2.06. The Morgan fingerprint density at radius 3 is 2.39 bits per heavy atom. The average molecular weight is 264 g/mol. The number of aromatic nitrogens is 1. The molecule has 18 heavy (non-hydrogen) atoms. The Hall–Kier alpha value is -1.82. The summed E-state index contributed by atoms with van der Waals surface area (Å²) >= 11 is 0. The van der Waals surface area contributed by atoms with Gasteiger partial charge in [-0.1, -0.05) is 17.3 Å². The van der Waals surface area contributed by atoms with E-state index in [9.17, 15) is 8.42 Å². The summed E-state index contributed by atoms with van der Waals surface area (Å²) in [6, 6.07) is 6.65. The van der Waals surface area contributed by atoms with Crippen LogP contribution in [0.4, 0.5) is 5.88 Å². The first-order chi connectivity index (χ1) is 8.59. The van der Waals surface area contributed by atoms with Crippen LogP contribution in [0.5, 0.6) is 0 Å². The van der Waals surface area contributed by atoms with Crippen molar-refractivity contribution in [2.45, 2.75) is 23.0 Å². The van der Waals surface area contributed by atoms with E-state index in [2.05, 4.69) is 5.16 Å². The van der Waals surface area contributed by atoms with Crippen molar-refractivity contribution in [1.29, 1.82) is 0 Å². The third kappa shape index (κ3) is 1.78. The van der Waals surface area contributed by atoms with Gasteiger partial charge < -0.3 is 10.3 Å². The van der Waals surface area contributed by atoms with Gasteiger partial charge in [-0.05, 0) is 30.5 Å². The van der Waals surface area contributed by atoms with Gasteiger partial charge in [0.1, 0.15) is 0 Å². The fourth-order valence-corrected chi connectivity index (χ4v) is 3.52. The van der Waals surface area contributed by atoms with E-state index in [-0.39, 0.29) is 11.1 Å². The van der Waals surface area contributed by atoms with Crippen LogP contribution >= 0.6 is 0 Å². The second-order valence-corrected chi connectivity index (χ2v) is 6.60. The Bertz CT molecular complexity index is 670. The highest BCUT2D eigenvalue weighted by Gasteiger charge is 2.36. The maximum absolute atomic E-state index is 12.0. The fourth-order valence-electron chi connectivity index (χ4n) is 1.86. The molecule has 1 aliphatic carbocycles. The van der Waals surface area contributed by atoms with Gasteiger partial charge in [-0.25, -0.2) is 8.42 Å². The number of benzene rings is 1. The molecule has 1 aromatic carbocycles. The summed E-state index contributed by atoms with van der Waals surface area (Å²) in [6.45, 7) is 0. The summed E-state index contributed by atoms with van der Waals surface area (Å²) in [6.07, 6.45) is 3.05. The number of anilines is 1. The van der Waals surface area contributed by atoms with E-state index in [4.69, 9.17) is 10.3 Å². The number of rotatable bonds is 3. The topological polar surface area (TPSA) is 86.2 Å². The molecule has 6 heteroatoms. The van der Waals surface area contributed by atoms with Crippen LogP contribution in [0, 0.1) is 0 Å². The number of nitrogens with two attached hydrogens (primary N) is 1. The molecular formula is C12H12N2O3S. The second-order valence-electron chi connectivity index (χ2n) is 4.37. The quantitative estimate of drug-likeness (QED) is 0.914. The van der Waals surface area contributed by atoms with Crippen molar-refractivity contribution in [3.05, 3.63) is 30.5 Å². The Balaban J connectivity index is 1.97. The van der Waals surface area contributed by atoms with Crippen molar-refractivity contribution in [2.24, 2.45) is 0 Å². The highest BCUT2D eigenvalue weighted by Crippen LogP contribution is 2.34. The molecule has 0 atom stereocenters. The van der Waals surface area contributed by atoms with Gasteiger partial charge in [-0.2, -0.15) is 0 Å². The monoisotopic (exact) mass is 264 g/mol. The maximum atomic E-state index is 12.0. The summed E-state index contributed by atoms with van der Waals surface area (Å²) in [5.74, 6) is 0.229. The summed E-state index contributed by atoms with van der Waals surface area (Å²) in [7, 11) is -3.13. The average Bonchev–Trinajstić information content (AvgIpc) is 3.13. The molecule has 1 aromatic heterocycles. The number of nitrogen functional groups attached to an aromatic ring is 1. The van der Waals surface area contributed by atoms with Gasteiger partial charge in [0.05, 0.1) is 21.9 Å². The zero-order valence-corrected chi connectivity index (χ0v) is 10.4. The van der Waals surface area contributed by atoms with Crippen molar-refractivity contribution in [3.8, 4) is 11.1 Å². The first-order valence-corrected chi connectivity index (χ1v) is 7.18. The Morgan fingerprint density at radius 1 is 1.22 bits per heavy atom. The Kier molecular flexibility index (Phi) is 2.41. The molecule has 1 fully saturated rings. The molecule has 0 aliphatic heterocycles. The third-order valence-electron chi connectivity index (χ3n) is 3.06. The predicted molar refractivity (Wildman–Crippen MR) is 66.6 cm³/mol. The Labute approximate surface area is 105 Å². The van der Waals surface area contributed by atoms with Crippen molar-refractivity contribution < 1.29 is 12.9 Å². The highest BCUT2D eigenvalue weighted by molar-refractivity contribution is 7.92. The van der Waals surface area contributed by atoms with Crippen LogP contribution in [-0.2, 0) is 9.84 Å². The van der Waals surface area contributed by atoms with E-state index in [0.717, 1.165) is 18.4 Å². The SMILES string of the molecule is Nc1oncc1-c1ccc(S(=O)(=O)C2CC2)cc1. The first kappa shape index (κ1) is 11.3. The lowest BCUT2D eigenvalue weighted by atomic mass is 10.1. The van der Waals surface area contributed by atoms with E-state index in [1.165, 1.54) is 6.20 Å². The predicted octanol–water partition coefficient (Wildman–Crippen LogP) is 1.86. The number of hydrogen-bond acceptors (Lipinski definition) is 5. The van der Waals surface area contributed by atoms with E-state index >= 15 is 0 Å². The van der Waals surface area contributed by atoms with Crippen molar-refractivity contribution in [1.82, 2.24) is 5.16 Å². The molecule has 0 spiro atoms. The number of hydrogen-bond donors (Lipinski definition) is 1. The molecule has 2 N–H and O–H groups in total. The molecule has 1 heterocycles. The second kappa shape index (κ2) is 3.84. The van der Waals surface area contributed by atoms with Gasteiger partial charge in [0.15, 0.2) is 9.84 Å². The van der Waals surface area contributed by atoms with Crippen LogP contribution in [0.15, 0.2) is 39.9 Å². The first-order valence-electron chi connectivity index (χ1n) is 5.63. The summed E-state index contributed by atoms with van der Waals surface area (Å²) in [4.78, 5) is 0.365. The lowest BCUT2D eigenvalue weighted by Gasteiger charge is -2.03. The molecule has 1 saturated carbocycles. The van der Waals surface area contributed by atoms with Gasteiger partial charge in [-0.3, -0.25) is 0 Å². The number of sulfone groups is 1. The van der Waals surface area contributed by atoms with Crippen LogP contribution in [0.1, 0.15) is 12.8 Å². The molecule has 0 saturated heterocycles. The largest absolute Gasteiger partial charge is 0.367 e. The molecular weight excluding hydrogens is 252 g/mol. The van der Waals surface area contributed by atoms with Gasteiger partial charge >= 0.3 is 0 Å². The minimum atomic E-state index is -3.13. The molecule has 5 nitrogen and oxygen atoms in total. The fraction of sp³-hybridized carbons (Fsp3) is 0.250. The molecule has 0 unspecified atom stereocenters. The molecule has 0 radical (unpaired) electrons. The van der Waals surface area contributed by atoms with E-state index in [1.54, 1.807) is 24.3 Å². The summed E-state index contributed by atoms with van der Waals surface area (Å²) in [5, 5.41) is 3.40. The Morgan fingerprint density at radius 2 is 1.89 bits per heavy atom. The zero-order chi connectivity index (χ0) is 12.8. The van der Waals surface area contributed by atoms with E-state index in [1.807, 2.05) is 0 Å². The molecule has 0 amide bonds. The van der Waals surface area contributed by atoms with Gasteiger partial charge in [-0.15, -0.1) is 0 Å². The van der Waals surface area contributed by atoms with Crippen molar-refractivity contribution in [2.75, 3.05) is 5.73 Å².